The SMILES string of the molecule is Cc1ccc(NC(=O)[C@@H](C)OC(=O)c2cccc([N+](=O)[O-])c2C)c(C)c1. The molecule has 1 amide bonds. The Morgan fingerprint density at radius 3 is 2.46 bits per heavy atom. The standard InChI is InChI=1S/C19H20N2O5/c1-11-8-9-16(12(2)10-11)20-18(22)14(4)26-19(23)15-6-5-7-17(13(15)3)21(24)25/h5-10,14H,1-4H3,(H,20,22)/t14-/m1/s1. The molecule has 26 heavy (non-hydrogen) atoms. The van der Waals surface area contributed by atoms with Crippen LogP contribution in [0, 0.1) is 30.9 Å². The Kier molecular flexibility index (Phi) is 5.71. The van der Waals surface area contributed by atoms with E-state index in [1.807, 2.05) is 26.0 Å². The van der Waals surface area contributed by atoms with E-state index in [-0.39, 0.29) is 16.8 Å². The van der Waals surface area contributed by atoms with Crippen molar-refractivity contribution in [1.82, 2.24) is 0 Å². The number of aryl methyl sites for hydroxylation is 2. The number of esters is 1. The lowest BCUT2D eigenvalue weighted by atomic mass is 10.1. The molecule has 2 aromatic carbocycles. The van der Waals surface area contributed by atoms with Crippen LogP contribution >= 0.6 is 0 Å². The Balaban J connectivity index is 2.10. The predicted molar refractivity (Wildman–Crippen MR) is 97.3 cm³/mol. The molecule has 1 N–H and O–H groups in total. The normalized spacial score (nSPS) is 11.5. The van der Waals surface area contributed by atoms with Crippen LogP contribution in [-0.4, -0.2) is 22.9 Å². The number of nitro groups is 1. The summed E-state index contributed by atoms with van der Waals surface area (Å²) in [5.74, 6) is -1.26. The molecule has 0 bridgehead atoms. The highest BCUT2D eigenvalue weighted by atomic mass is 16.6. The maximum Gasteiger partial charge on any atom is 0.339 e. The van der Waals surface area contributed by atoms with Crippen molar-refractivity contribution in [1.29, 1.82) is 0 Å². The lowest BCUT2D eigenvalue weighted by Gasteiger charge is -2.15. The number of benzene rings is 2. The average molecular weight is 356 g/mol. The minimum Gasteiger partial charge on any atom is -0.449 e. The van der Waals surface area contributed by atoms with Gasteiger partial charge >= 0.3 is 5.97 Å². The van der Waals surface area contributed by atoms with E-state index >= 15 is 0 Å². The molecule has 0 aliphatic carbocycles. The number of amides is 1. The van der Waals surface area contributed by atoms with Gasteiger partial charge in [-0.2, -0.15) is 0 Å². The van der Waals surface area contributed by atoms with Crippen molar-refractivity contribution in [3.63, 3.8) is 0 Å². The van der Waals surface area contributed by atoms with Crippen molar-refractivity contribution >= 4 is 23.3 Å². The quantitative estimate of drug-likeness (QED) is 0.500. The summed E-state index contributed by atoms with van der Waals surface area (Å²) in [6.07, 6.45) is -1.05. The number of ether oxygens (including phenoxy) is 1. The topological polar surface area (TPSA) is 98.5 Å². The molecule has 0 heterocycles. The Hall–Kier alpha value is -3.22. The minimum atomic E-state index is -1.05. The van der Waals surface area contributed by atoms with E-state index in [0.29, 0.717) is 5.69 Å². The first kappa shape index (κ1) is 19.1. The maximum atomic E-state index is 12.3. The third-order valence-corrected chi connectivity index (χ3v) is 4.01. The van der Waals surface area contributed by atoms with Crippen LogP contribution in [0.2, 0.25) is 0 Å². The summed E-state index contributed by atoms with van der Waals surface area (Å²) in [5, 5.41) is 13.7. The third kappa shape index (κ3) is 4.24. The third-order valence-electron chi connectivity index (χ3n) is 4.01. The van der Waals surface area contributed by atoms with E-state index < -0.39 is 22.9 Å². The molecule has 2 rings (SSSR count). The average Bonchev–Trinajstić information content (AvgIpc) is 2.57. The fourth-order valence-corrected chi connectivity index (χ4v) is 2.51. The smallest absolute Gasteiger partial charge is 0.339 e. The molecule has 0 saturated carbocycles. The van der Waals surface area contributed by atoms with Gasteiger partial charge in [-0.3, -0.25) is 14.9 Å². The van der Waals surface area contributed by atoms with Crippen LogP contribution in [0.5, 0.6) is 0 Å². The molecule has 7 nitrogen and oxygen atoms in total. The van der Waals surface area contributed by atoms with Crippen LogP contribution in [0.15, 0.2) is 36.4 Å². The van der Waals surface area contributed by atoms with E-state index in [9.17, 15) is 19.7 Å². The maximum absolute atomic E-state index is 12.3. The highest BCUT2D eigenvalue weighted by Gasteiger charge is 2.23. The lowest BCUT2D eigenvalue weighted by molar-refractivity contribution is -0.385. The van der Waals surface area contributed by atoms with Crippen molar-refractivity contribution in [3.05, 3.63) is 68.8 Å². The van der Waals surface area contributed by atoms with Crippen molar-refractivity contribution in [2.45, 2.75) is 33.8 Å². The molecule has 0 spiro atoms. The van der Waals surface area contributed by atoms with Crippen LogP contribution < -0.4 is 5.32 Å². The molecule has 0 radical (unpaired) electrons. The summed E-state index contributed by atoms with van der Waals surface area (Å²) < 4.78 is 5.18. The molecule has 0 fully saturated rings. The fourth-order valence-electron chi connectivity index (χ4n) is 2.51. The zero-order valence-electron chi connectivity index (χ0n) is 15.0. The molecule has 7 heteroatoms. The van der Waals surface area contributed by atoms with Gasteiger partial charge in [-0.1, -0.05) is 23.8 Å². The first-order valence-corrected chi connectivity index (χ1v) is 8.03. The fraction of sp³-hybridized carbons (Fsp3) is 0.263. The van der Waals surface area contributed by atoms with E-state index in [0.717, 1.165) is 11.1 Å². The Morgan fingerprint density at radius 2 is 1.85 bits per heavy atom. The van der Waals surface area contributed by atoms with Crippen LogP contribution in [-0.2, 0) is 9.53 Å². The van der Waals surface area contributed by atoms with E-state index in [1.54, 1.807) is 6.07 Å². The number of carbonyl (C=O) groups is 2. The largest absolute Gasteiger partial charge is 0.449 e. The van der Waals surface area contributed by atoms with Crippen LogP contribution in [0.25, 0.3) is 0 Å². The van der Waals surface area contributed by atoms with Gasteiger partial charge < -0.3 is 10.1 Å². The van der Waals surface area contributed by atoms with Gasteiger partial charge in [0.05, 0.1) is 10.5 Å². The monoisotopic (exact) mass is 356 g/mol. The molecular formula is C19H20N2O5. The van der Waals surface area contributed by atoms with Crippen molar-refractivity contribution < 1.29 is 19.2 Å². The Morgan fingerprint density at radius 1 is 1.15 bits per heavy atom. The molecule has 2 aromatic rings. The number of hydrogen-bond donors (Lipinski definition) is 1. The van der Waals surface area contributed by atoms with E-state index in [2.05, 4.69) is 5.32 Å². The van der Waals surface area contributed by atoms with Gasteiger partial charge in [0.15, 0.2) is 6.10 Å². The highest BCUT2D eigenvalue weighted by molar-refractivity contribution is 5.98. The van der Waals surface area contributed by atoms with Gasteiger partial charge in [0.1, 0.15) is 0 Å². The number of rotatable bonds is 5. The number of nitro benzene ring substituents is 1. The second-order valence-electron chi connectivity index (χ2n) is 6.06. The Bertz CT molecular complexity index is 876. The Labute approximate surface area is 151 Å². The second-order valence-corrected chi connectivity index (χ2v) is 6.06. The summed E-state index contributed by atoms with van der Waals surface area (Å²) in [7, 11) is 0. The van der Waals surface area contributed by atoms with Crippen molar-refractivity contribution in [3.8, 4) is 0 Å². The van der Waals surface area contributed by atoms with Crippen LogP contribution in [0.4, 0.5) is 11.4 Å². The first-order valence-electron chi connectivity index (χ1n) is 8.03. The van der Waals surface area contributed by atoms with Crippen LogP contribution in [0.3, 0.4) is 0 Å². The van der Waals surface area contributed by atoms with Crippen molar-refractivity contribution in [2.75, 3.05) is 5.32 Å². The van der Waals surface area contributed by atoms with Gasteiger partial charge in [0, 0.05) is 17.3 Å². The number of hydrogen-bond acceptors (Lipinski definition) is 5. The van der Waals surface area contributed by atoms with Crippen LogP contribution in [0.1, 0.15) is 34.0 Å². The summed E-state index contributed by atoms with van der Waals surface area (Å²) in [5.41, 5.74) is 2.68. The van der Waals surface area contributed by atoms with Gasteiger partial charge in [-0.25, -0.2) is 4.79 Å². The van der Waals surface area contributed by atoms with Gasteiger partial charge in [-0.05, 0) is 45.4 Å². The molecule has 0 aromatic heterocycles. The molecule has 0 aliphatic rings. The zero-order chi connectivity index (χ0) is 19.4. The number of anilines is 1. The lowest BCUT2D eigenvalue weighted by Crippen LogP contribution is -2.30. The second kappa shape index (κ2) is 7.77. The number of nitrogens with one attached hydrogen (secondary N) is 1. The molecular weight excluding hydrogens is 336 g/mol. The number of carbonyl (C=O) groups excluding carboxylic acids is 2. The van der Waals surface area contributed by atoms with Gasteiger partial charge in [-0.15, -0.1) is 0 Å². The molecule has 0 unspecified atom stereocenters. The molecule has 136 valence electrons. The first-order chi connectivity index (χ1) is 12.2. The summed E-state index contributed by atoms with van der Waals surface area (Å²) in [6.45, 7) is 6.73. The van der Waals surface area contributed by atoms with Gasteiger partial charge in [0.25, 0.3) is 11.6 Å². The molecule has 0 saturated heterocycles. The predicted octanol–water partition coefficient (Wildman–Crippen LogP) is 3.70. The highest BCUT2D eigenvalue weighted by Crippen LogP contribution is 2.22. The summed E-state index contributed by atoms with van der Waals surface area (Å²) in [6, 6.07) is 9.72. The van der Waals surface area contributed by atoms with E-state index in [1.165, 1.54) is 32.0 Å². The van der Waals surface area contributed by atoms with E-state index in [4.69, 9.17) is 4.74 Å². The van der Waals surface area contributed by atoms with Gasteiger partial charge in [0.2, 0.25) is 0 Å². The molecule has 0 aliphatic heterocycles. The van der Waals surface area contributed by atoms with Crippen molar-refractivity contribution in [2.24, 2.45) is 0 Å². The zero-order valence-corrected chi connectivity index (χ0v) is 15.0. The number of nitrogens with zero attached hydrogens (tertiary/aromatic N) is 1. The minimum absolute atomic E-state index is 0.0605. The summed E-state index contributed by atoms with van der Waals surface area (Å²) in [4.78, 5) is 35.0. The molecule has 1 atom stereocenters. The summed E-state index contributed by atoms with van der Waals surface area (Å²) >= 11 is 0.